The molecule has 0 radical (unpaired) electrons. The molecular weight excluding hydrogens is 623 g/mol. The number of hydrogen-bond donors (Lipinski definition) is 3. The normalized spacial score (nSPS) is 19.6. The first-order chi connectivity index (χ1) is 24.8. The number of nitrogens with two attached hydrogens (primary N) is 1. The molecule has 0 aromatic heterocycles. The molecule has 5 heteroatoms. The van der Waals surface area contributed by atoms with Gasteiger partial charge in [-0.15, -0.1) is 6.58 Å². The molecular formula is C46H53N5. The number of rotatable bonds is 16. The second-order valence-corrected chi connectivity index (χ2v) is 13.0. The molecule has 2 aliphatic carbocycles. The molecule has 0 heterocycles. The molecule has 0 bridgehead atoms. The zero-order valence-electron chi connectivity index (χ0n) is 30.4. The number of anilines is 1. The summed E-state index contributed by atoms with van der Waals surface area (Å²) in [5, 5.41) is 11.5. The highest BCUT2D eigenvalue weighted by Crippen LogP contribution is 2.36. The summed E-state index contributed by atoms with van der Waals surface area (Å²) >= 11 is 0. The van der Waals surface area contributed by atoms with E-state index in [2.05, 4.69) is 86.6 Å². The highest BCUT2D eigenvalue weighted by Gasteiger charge is 2.27. The Morgan fingerprint density at radius 2 is 1.86 bits per heavy atom. The van der Waals surface area contributed by atoms with Crippen molar-refractivity contribution in [2.24, 2.45) is 33.5 Å². The van der Waals surface area contributed by atoms with Gasteiger partial charge in [0.05, 0.1) is 0 Å². The van der Waals surface area contributed by atoms with Gasteiger partial charge in [0.15, 0.2) is 5.84 Å². The van der Waals surface area contributed by atoms with Gasteiger partial charge in [0.1, 0.15) is 6.17 Å². The Labute approximate surface area is 305 Å². The third-order valence-corrected chi connectivity index (χ3v) is 9.25. The van der Waals surface area contributed by atoms with Crippen LogP contribution in [0.5, 0.6) is 0 Å². The fraction of sp³-hybridized carbons (Fsp3) is 0.239. The van der Waals surface area contributed by atoms with Crippen LogP contribution in [0, 0.1) is 30.1 Å². The Morgan fingerprint density at radius 1 is 1.10 bits per heavy atom. The van der Waals surface area contributed by atoms with Gasteiger partial charge in [-0.2, -0.15) is 0 Å². The molecule has 0 aliphatic heterocycles. The van der Waals surface area contributed by atoms with Crippen LogP contribution in [0.4, 0.5) is 5.69 Å². The van der Waals surface area contributed by atoms with Crippen LogP contribution in [-0.2, 0) is 0 Å². The topological polar surface area (TPSA) is 86.6 Å². The first-order valence-electron chi connectivity index (χ1n) is 17.7. The van der Waals surface area contributed by atoms with E-state index < -0.39 is 6.17 Å². The van der Waals surface area contributed by atoms with Crippen molar-refractivity contribution >= 4 is 24.0 Å². The fourth-order valence-corrected chi connectivity index (χ4v) is 6.14. The zero-order chi connectivity index (χ0) is 36.6. The molecule has 262 valence electrons. The lowest BCUT2D eigenvalue weighted by molar-refractivity contribution is 0.376. The van der Waals surface area contributed by atoms with Crippen molar-refractivity contribution < 1.29 is 0 Å². The van der Waals surface area contributed by atoms with Crippen LogP contribution in [0.3, 0.4) is 0 Å². The van der Waals surface area contributed by atoms with Crippen LogP contribution in [0.15, 0.2) is 185 Å². The maximum Gasteiger partial charge on any atom is 0.156 e. The monoisotopic (exact) mass is 675 g/mol. The summed E-state index contributed by atoms with van der Waals surface area (Å²) in [7, 11) is 0. The van der Waals surface area contributed by atoms with E-state index in [0.717, 1.165) is 52.9 Å². The lowest BCUT2D eigenvalue weighted by Crippen LogP contribution is -2.28. The zero-order valence-corrected chi connectivity index (χ0v) is 30.4. The molecule has 2 aliphatic rings. The number of amidine groups is 1. The maximum atomic E-state index is 7.90. The van der Waals surface area contributed by atoms with Crippen LogP contribution in [0.2, 0.25) is 0 Å². The van der Waals surface area contributed by atoms with Crippen molar-refractivity contribution in [1.29, 1.82) is 5.41 Å². The van der Waals surface area contributed by atoms with Crippen molar-refractivity contribution in [1.82, 2.24) is 0 Å². The Balaban J connectivity index is 1.56. The SMILES string of the molecule is C=C/C(=C\C(=C)C1=CC(C2=CC(C=C)C(C(CC=N)CNc3ccc(C)cc3)C=C2)=CCC1)C(N=Cc1ccccc1)=NC(N)/C(C)=C/C=C\C. The molecule has 0 saturated carbocycles. The van der Waals surface area contributed by atoms with Gasteiger partial charge in [-0.05, 0) is 110 Å². The van der Waals surface area contributed by atoms with Gasteiger partial charge in [0.2, 0.25) is 0 Å². The largest absolute Gasteiger partial charge is 0.385 e. The van der Waals surface area contributed by atoms with Gasteiger partial charge in [-0.1, -0.05) is 122 Å². The van der Waals surface area contributed by atoms with Gasteiger partial charge in [-0.25, -0.2) is 9.98 Å². The highest BCUT2D eigenvalue weighted by atomic mass is 15.0. The summed E-state index contributed by atoms with van der Waals surface area (Å²) in [5.74, 6) is 1.15. The third-order valence-electron chi connectivity index (χ3n) is 9.25. The number of nitrogens with zero attached hydrogens (tertiary/aromatic N) is 2. The standard InChI is InChI=1S/C46H53N5/c1-7-10-15-34(5)45(48)51-46(50-31-36-16-12-11-13-17-36)38(9-3)28-35(6)39-18-14-19-40(30-39)41-22-25-44(37(8-2)29-41)42(26-27-47)32-49-43-23-20-33(4)21-24-43/h7-13,15-17,19-25,27-31,37,42,44-45,47,49H,2-3,6,14,18,26,32,48H2,1,4-5H3/b10-7-,34-15+,38-28+,47-27?,50-31?,51-46?. The molecule has 51 heavy (non-hydrogen) atoms. The summed E-state index contributed by atoms with van der Waals surface area (Å²) < 4.78 is 0. The lowest BCUT2D eigenvalue weighted by atomic mass is 9.75. The quantitative estimate of drug-likeness (QED) is 0.0716. The number of benzene rings is 2. The second-order valence-electron chi connectivity index (χ2n) is 13.0. The minimum Gasteiger partial charge on any atom is -0.385 e. The number of aliphatic imine (C=N–C) groups is 2. The smallest absolute Gasteiger partial charge is 0.156 e. The van der Waals surface area contributed by atoms with E-state index in [0.29, 0.717) is 12.3 Å². The minimum absolute atomic E-state index is 0.153. The predicted octanol–water partition coefficient (Wildman–Crippen LogP) is 10.6. The van der Waals surface area contributed by atoms with E-state index in [1.54, 1.807) is 12.3 Å². The van der Waals surface area contributed by atoms with Crippen LogP contribution in [0.25, 0.3) is 0 Å². The molecule has 4 unspecified atom stereocenters. The van der Waals surface area contributed by atoms with E-state index in [4.69, 9.17) is 21.1 Å². The molecule has 0 fully saturated rings. The highest BCUT2D eigenvalue weighted by molar-refractivity contribution is 6.07. The second kappa shape index (κ2) is 19.7. The number of aryl methyl sites for hydroxylation is 1. The molecule has 0 amide bonds. The summed E-state index contributed by atoms with van der Waals surface area (Å²) in [6, 6.07) is 18.4. The molecule has 5 nitrogen and oxygen atoms in total. The molecule has 2 aromatic carbocycles. The van der Waals surface area contributed by atoms with Crippen molar-refractivity contribution in [3.8, 4) is 0 Å². The van der Waals surface area contributed by atoms with E-state index >= 15 is 0 Å². The van der Waals surface area contributed by atoms with E-state index in [1.807, 2.05) is 74.6 Å². The summed E-state index contributed by atoms with van der Waals surface area (Å²) in [5.41, 5.74) is 15.9. The lowest BCUT2D eigenvalue weighted by Gasteiger charge is -2.32. The van der Waals surface area contributed by atoms with Crippen molar-refractivity contribution in [3.05, 3.63) is 186 Å². The third kappa shape index (κ3) is 11.3. The van der Waals surface area contributed by atoms with Gasteiger partial charge in [0, 0.05) is 29.9 Å². The Bertz CT molecular complexity index is 1820. The molecule has 0 spiro atoms. The van der Waals surface area contributed by atoms with Gasteiger partial charge in [0.25, 0.3) is 0 Å². The minimum atomic E-state index is -0.562. The van der Waals surface area contributed by atoms with Gasteiger partial charge >= 0.3 is 0 Å². The molecule has 0 saturated heterocycles. The molecule has 4 atom stereocenters. The van der Waals surface area contributed by atoms with E-state index in [9.17, 15) is 0 Å². The predicted molar refractivity (Wildman–Crippen MR) is 222 cm³/mol. The fourth-order valence-electron chi connectivity index (χ4n) is 6.14. The molecule has 4 rings (SSSR count). The van der Waals surface area contributed by atoms with Gasteiger partial charge < -0.3 is 16.5 Å². The Morgan fingerprint density at radius 3 is 2.55 bits per heavy atom. The summed E-state index contributed by atoms with van der Waals surface area (Å²) in [6.45, 7) is 19.6. The summed E-state index contributed by atoms with van der Waals surface area (Å²) in [6.07, 6.45) is 28.4. The number of nitrogens with one attached hydrogen (secondary N) is 2. The van der Waals surface area contributed by atoms with E-state index in [1.165, 1.54) is 22.9 Å². The van der Waals surface area contributed by atoms with Crippen molar-refractivity contribution in [2.45, 2.75) is 46.2 Å². The van der Waals surface area contributed by atoms with Crippen LogP contribution < -0.4 is 11.1 Å². The van der Waals surface area contributed by atoms with Crippen molar-refractivity contribution in [3.63, 3.8) is 0 Å². The molecule has 4 N–H and O–H groups in total. The summed E-state index contributed by atoms with van der Waals surface area (Å²) in [4.78, 5) is 9.61. The van der Waals surface area contributed by atoms with Crippen LogP contribution >= 0.6 is 0 Å². The number of allylic oxidation sites excluding steroid dienone is 14. The van der Waals surface area contributed by atoms with E-state index in [-0.39, 0.29) is 17.8 Å². The Kier molecular flexibility index (Phi) is 14.8. The first-order valence-corrected chi connectivity index (χ1v) is 17.7. The van der Waals surface area contributed by atoms with Crippen LogP contribution in [-0.4, -0.2) is 31.0 Å². The first kappa shape index (κ1) is 38.4. The maximum absolute atomic E-state index is 7.90. The van der Waals surface area contributed by atoms with Gasteiger partial charge in [-0.3, -0.25) is 0 Å². The molecule has 2 aromatic rings. The number of hydrogen-bond acceptors (Lipinski definition) is 4. The van der Waals surface area contributed by atoms with Crippen LogP contribution in [0.1, 0.15) is 44.2 Å². The van der Waals surface area contributed by atoms with Crippen molar-refractivity contribution in [2.75, 3.05) is 11.9 Å². The average molecular weight is 676 g/mol. The Hall–Kier alpha value is -5.39. The average Bonchev–Trinajstić information content (AvgIpc) is 3.16.